The summed E-state index contributed by atoms with van der Waals surface area (Å²) in [5, 5.41) is 21.1. The third kappa shape index (κ3) is 3.64. The number of carbonyl (C=O) groups is 2. The average molecular weight is 512 g/mol. The normalized spacial score (nSPS) is 11.3. The van der Waals surface area contributed by atoms with Crippen molar-refractivity contribution in [3.8, 4) is 5.75 Å². The molecule has 10 heteroatoms. The van der Waals surface area contributed by atoms with E-state index in [0.29, 0.717) is 3.57 Å². The highest BCUT2D eigenvalue weighted by Crippen LogP contribution is 2.35. The first-order valence-electron chi connectivity index (χ1n) is 7.85. The first kappa shape index (κ1) is 20.0. The number of sulfone groups is 1. The van der Waals surface area contributed by atoms with E-state index in [1.807, 2.05) is 22.6 Å². The van der Waals surface area contributed by atoms with Gasteiger partial charge in [0.25, 0.3) is 5.91 Å². The van der Waals surface area contributed by atoms with Gasteiger partial charge in [-0.05, 0) is 34.7 Å². The first-order valence-corrected chi connectivity index (χ1v) is 10.4. The van der Waals surface area contributed by atoms with Crippen molar-refractivity contribution in [2.45, 2.75) is 9.92 Å². The van der Waals surface area contributed by atoms with E-state index in [-0.39, 0.29) is 15.7 Å². The Kier molecular flexibility index (Phi) is 5.52. The molecular weight excluding hydrogens is 499 g/mol. The molecule has 0 fully saturated rings. The fraction of sp³-hybridized carbons (Fsp3) is 0.0556. The molecule has 0 atom stereocenters. The molecule has 144 valence electrons. The summed E-state index contributed by atoms with van der Waals surface area (Å²) in [6, 6.07) is 12.4. The van der Waals surface area contributed by atoms with Gasteiger partial charge in [0.1, 0.15) is 6.54 Å². The number of aliphatic carboxylic acids is 1. The third-order valence-corrected chi connectivity index (χ3v) is 6.91. The molecule has 0 unspecified atom stereocenters. The number of nitrogens with one attached hydrogen (secondary N) is 1. The van der Waals surface area contributed by atoms with E-state index >= 15 is 0 Å². The van der Waals surface area contributed by atoms with Crippen molar-refractivity contribution in [1.29, 1.82) is 0 Å². The number of benzene rings is 2. The van der Waals surface area contributed by atoms with Crippen molar-refractivity contribution < 1.29 is 28.2 Å². The number of carbonyl (C=O) groups excluding carboxylic acids is 1. The highest BCUT2D eigenvalue weighted by molar-refractivity contribution is 14.1. The summed E-state index contributed by atoms with van der Waals surface area (Å²) in [6.45, 7) is -0.703. The highest BCUT2D eigenvalue weighted by Gasteiger charge is 2.28. The summed E-state index contributed by atoms with van der Waals surface area (Å²) >= 11 is 1.88. The fourth-order valence-corrected chi connectivity index (χ4v) is 5.31. The molecule has 2 aromatic carbocycles. The standard InChI is InChI=1S/C18H13IN2O6S/c19-12-7-3-4-8-13(12)28(26,27)18-11-6-2-1-5-10(11)16(24)15(21-18)17(25)20-9-14(22)23/h1-8,24H,9H2,(H,20,25)(H,22,23). The van der Waals surface area contributed by atoms with Gasteiger partial charge in [-0.3, -0.25) is 9.59 Å². The van der Waals surface area contributed by atoms with Crippen LogP contribution in [0.2, 0.25) is 0 Å². The Bertz CT molecular complexity index is 1210. The van der Waals surface area contributed by atoms with E-state index < -0.39 is 44.7 Å². The van der Waals surface area contributed by atoms with Crippen LogP contribution in [0, 0.1) is 3.57 Å². The summed E-state index contributed by atoms with van der Waals surface area (Å²) in [5.41, 5.74) is -0.565. The minimum Gasteiger partial charge on any atom is -0.505 e. The highest BCUT2D eigenvalue weighted by atomic mass is 127. The molecule has 0 aliphatic rings. The van der Waals surface area contributed by atoms with E-state index in [1.165, 1.54) is 18.2 Å². The third-order valence-electron chi connectivity index (χ3n) is 3.85. The maximum Gasteiger partial charge on any atom is 0.322 e. The van der Waals surface area contributed by atoms with Crippen molar-refractivity contribution in [3.05, 3.63) is 57.8 Å². The van der Waals surface area contributed by atoms with Crippen LogP contribution in [0.25, 0.3) is 10.8 Å². The summed E-state index contributed by atoms with van der Waals surface area (Å²) in [6.07, 6.45) is 0. The lowest BCUT2D eigenvalue weighted by Gasteiger charge is -2.13. The van der Waals surface area contributed by atoms with Gasteiger partial charge >= 0.3 is 5.97 Å². The zero-order valence-corrected chi connectivity index (χ0v) is 17.1. The monoisotopic (exact) mass is 512 g/mol. The zero-order chi connectivity index (χ0) is 20.5. The van der Waals surface area contributed by atoms with Gasteiger partial charge in [-0.2, -0.15) is 0 Å². The Morgan fingerprint density at radius 2 is 1.64 bits per heavy atom. The molecule has 0 spiro atoms. The van der Waals surface area contributed by atoms with Crippen LogP contribution in [-0.4, -0.2) is 42.0 Å². The first-order chi connectivity index (χ1) is 13.2. The Hall–Kier alpha value is -2.73. The average Bonchev–Trinajstić information content (AvgIpc) is 2.66. The summed E-state index contributed by atoms with van der Waals surface area (Å²) in [7, 11) is -4.13. The predicted molar refractivity (Wildman–Crippen MR) is 108 cm³/mol. The molecule has 1 aromatic heterocycles. The molecule has 8 nitrogen and oxygen atoms in total. The number of carboxylic acids is 1. The maximum absolute atomic E-state index is 13.2. The van der Waals surface area contributed by atoms with Crippen LogP contribution < -0.4 is 5.32 Å². The van der Waals surface area contributed by atoms with Gasteiger partial charge in [0, 0.05) is 14.3 Å². The number of hydrogen-bond acceptors (Lipinski definition) is 6. The summed E-state index contributed by atoms with van der Waals surface area (Å²) < 4.78 is 27.0. The van der Waals surface area contributed by atoms with Crippen molar-refractivity contribution in [2.75, 3.05) is 6.54 Å². The zero-order valence-electron chi connectivity index (χ0n) is 14.1. The van der Waals surface area contributed by atoms with E-state index in [1.54, 1.807) is 30.3 Å². The molecule has 28 heavy (non-hydrogen) atoms. The molecule has 0 aliphatic carbocycles. The largest absolute Gasteiger partial charge is 0.505 e. The lowest BCUT2D eigenvalue weighted by Crippen LogP contribution is -2.30. The van der Waals surface area contributed by atoms with Crippen LogP contribution in [0.15, 0.2) is 58.5 Å². The molecule has 0 aliphatic heterocycles. The SMILES string of the molecule is O=C(O)CNC(=O)c1nc(S(=O)(=O)c2ccccc2I)c2ccccc2c1O. The molecule has 0 bridgehead atoms. The van der Waals surface area contributed by atoms with E-state index in [9.17, 15) is 23.1 Å². The van der Waals surface area contributed by atoms with Gasteiger partial charge < -0.3 is 15.5 Å². The van der Waals surface area contributed by atoms with Crippen molar-refractivity contribution in [3.63, 3.8) is 0 Å². The molecule has 0 saturated heterocycles. The molecule has 0 saturated carbocycles. The van der Waals surface area contributed by atoms with Gasteiger partial charge in [0.15, 0.2) is 16.5 Å². The lowest BCUT2D eigenvalue weighted by atomic mass is 10.1. The number of pyridine rings is 1. The lowest BCUT2D eigenvalue weighted by molar-refractivity contribution is -0.135. The molecule has 1 heterocycles. The van der Waals surface area contributed by atoms with Crippen LogP contribution in [0.4, 0.5) is 0 Å². The molecular formula is C18H13IN2O6S. The molecule has 1 amide bonds. The Labute approximate surface area is 173 Å². The van der Waals surface area contributed by atoms with Crippen LogP contribution in [-0.2, 0) is 14.6 Å². The van der Waals surface area contributed by atoms with Crippen molar-refractivity contribution in [2.24, 2.45) is 0 Å². The second-order valence-corrected chi connectivity index (χ2v) is 8.67. The van der Waals surface area contributed by atoms with Crippen molar-refractivity contribution in [1.82, 2.24) is 10.3 Å². The summed E-state index contributed by atoms with van der Waals surface area (Å²) in [4.78, 5) is 26.9. The number of aromatic nitrogens is 1. The number of halogens is 1. The number of aromatic hydroxyl groups is 1. The van der Waals surface area contributed by atoms with Gasteiger partial charge in [0.2, 0.25) is 9.84 Å². The number of nitrogens with zero attached hydrogens (tertiary/aromatic N) is 1. The Balaban J connectivity index is 2.28. The second kappa shape index (κ2) is 7.72. The number of hydrogen-bond donors (Lipinski definition) is 3. The topological polar surface area (TPSA) is 134 Å². The Morgan fingerprint density at radius 3 is 2.29 bits per heavy atom. The minimum atomic E-state index is -4.13. The minimum absolute atomic E-state index is 0.0100. The van der Waals surface area contributed by atoms with E-state index in [0.717, 1.165) is 0 Å². The molecule has 3 aromatic rings. The maximum atomic E-state index is 13.2. The van der Waals surface area contributed by atoms with Crippen LogP contribution >= 0.6 is 22.6 Å². The quantitative estimate of drug-likeness (QED) is 0.447. The van der Waals surface area contributed by atoms with Crippen LogP contribution in [0.5, 0.6) is 5.75 Å². The van der Waals surface area contributed by atoms with Gasteiger partial charge in [-0.15, -0.1) is 0 Å². The molecule has 0 radical (unpaired) electrons. The van der Waals surface area contributed by atoms with Crippen LogP contribution in [0.1, 0.15) is 10.5 Å². The Morgan fingerprint density at radius 1 is 1.04 bits per heavy atom. The van der Waals surface area contributed by atoms with E-state index in [2.05, 4.69) is 10.3 Å². The van der Waals surface area contributed by atoms with Gasteiger partial charge in [-0.1, -0.05) is 36.4 Å². The number of fused-ring (bicyclic) bond motifs is 1. The number of amides is 1. The molecule has 3 rings (SSSR count). The molecule has 3 N–H and O–H groups in total. The smallest absolute Gasteiger partial charge is 0.322 e. The predicted octanol–water partition coefficient (Wildman–Crippen LogP) is 2.19. The second-order valence-electron chi connectivity index (χ2n) is 5.67. The van der Waals surface area contributed by atoms with Crippen molar-refractivity contribution >= 4 is 55.1 Å². The van der Waals surface area contributed by atoms with Gasteiger partial charge in [-0.25, -0.2) is 13.4 Å². The van der Waals surface area contributed by atoms with Gasteiger partial charge in [0.05, 0.1) is 4.90 Å². The summed E-state index contributed by atoms with van der Waals surface area (Å²) in [5.74, 6) is -2.81. The van der Waals surface area contributed by atoms with E-state index in [4.69, 9.17) is 5.11 Å². The van der Waals surface area contributed by atoms with Crippen LogP contribution in [0.3, 0.4) is 0 Å². The number of carboxylic acid groups (broad SMARTS) is 1. The number of rotatable bonds is 5. The fourth-order valence-electron chi connectivity index (χ4n) is 2.59.